The highest BCUT2D eigenvalue weighted by molar-refractivity contribution is 8.46. The maximum atomic E-state index is 4.37. The number of nitrogens with zero attached hydrogens (tertiary/aromatic N) is 1. The first-order valence-corrected chi connectivity index (χ1v) is 6.70. The summed E-state index contributed by atoms with van der Waals surface area (Å²) in [5.41, 5.74) is 3.22. The molecule has 2 rings (SSSR count). The van der Waals surface area contributed by atoms with Crippen LogP contribution in [0.15, 0.2) is 29.8 Å². The average Bonchev–Trinajstić information content (AvgIpc) is 2.50. The van der Waals surface area contributed by atoms with Crippen LogP contribution in [0.2, 0.25) is 0 Å². The van der Waals surface area contributed by atoms with E-state index in [1.807, 2.05) is 16.9 Å². The van der Waals surface area contributed by atoms with E-state index in [2.05, 4.69) is 35.6 Å². The van der Waals surface area contributed by atoms with Gasteiger partial charge in [0.25, 0.3) is 0 Å². The van der Waals surface area contributed by atoms with E-state index in [-0.39, 0.29) is 9.50 Å². The van der Waals surface area contributed by atoms with Crippen molar-refractivity contribution in [2.24, 2.45) is 0 Å². The summed E-state index contributed by atoms with van der Waals surface area (Å²) in [5.74, 6) is 1.16. The van der Waals surface area contributed by atoms with Crippen molar-refractivity contribution in [3.05, 3.63) is 29.8 Å². The Bertz CT molecular complexity index is 381. The molecule has 0 saturated heterocycles. The quantitative estimate of drug-likeness (QED) is 0.538. The van der Waals surface area contributed by atoms with Crippen LogP contribution in [-0.2, 0) is 0 Å². The molecule has 1 nitrogen and oxygen atoms in total. The van der Waals surface area contributed by atoms with Crippen molar-refractivity contribution in [3.8, 4) is 0 Å². The van der Waals surface area contributed by atoms with E-state index in [1.54, 1.807) is 0 Å². The third-order valence-corrected chi connectivity index (χ3v) is 5.45. The number of hydrogen-bond donors (Lipinski definition) is 0. The third kappa shape index (κ3) is 1.34. The highest BCUT2D eigenvalue weighted by Gasteiger charge is 2.12. The first-order chi connectivity index (χ1) is 5.92. The Kier molecular flexibility index (Phi) is 2.33. The van der Waals surface area contributed by atoms with Crippen molar-refractivity contribution in [1.29, 1.82) is 0 Å². The maximum Gasteiger partial charge on any atom is 0.243 e. The Morgan fingerprint density at radius 1 is 1.42 bits per heavy atom. The molecule has 2 aromatic rings. The molecule has 0 N–H and O–H groups in total. The van der Waals surface area contributed by atoms with Gasteiger partial charge in [-0.15, -0.1) is 0 Å². The van der Waals surface area contributed by atoms with Gasteiger partial charge in [0.05, 0.1) is 9.50 Å². The standard InChI is InChI=1S/C9H10NS2/c1-2-11-12-7-10-8-5-3-4-6-9(8)12/h3-7H,2H2,1H3/q+1. The second-order valence-corrected chi connectivity index (χ2v) is 6.25. The fourth-order valence-corrected chi connectivity index (χ4v) is 4.30. The summed E-state index contributed by atoms with van der Waals surface area (Å²) < 4.78 is 1.39. The van der Waals surface area contributed by atoms with Gasteiger partial charge < -0.3 is 0 Å². The van der Waals surface area contributed by atoms with Crippen LogP contribution in [0.3, 0.4) is 0 Å². The lowest BCUT2D eigenvalue weighted by atomic mass is 10.3. The Morgan fingerprint density at radius 3 is 3.08 bits per heavy atom. The molecular weight excluding hydrogens is 186 g/mol. The zero-order chi connectivity index (χ0) is 8.39. The summed E-state index contributed by atoms with van der Waals surface area (Å²) in [6.45, 7) is 2.19. The Labute approximate surface area is 78.2 Å². The summed E-state index contributed by atoms with van der Waals surface area (Å²) in [4.78, 5) is 4.37. The molecule has 1 aromatic heterocycles. The number of fused-ring (bicyclic) bond motifs is 1. The van der Waals surface area contributed by atoms with Gasteiger partial charge in [0.1, 0.15) is 16.3 Å². The van der Waals surface area contributed by atoms with Crippen LogP contribution in [-0.4, -0.2) is 10.7 Å². The second kappa shape index (κ2) is 3.46. The van der Waals surface area contributed by atoms with Crippen molar-refractivity contribution in [2.75, 3.05) is 5.75 Å². The molecule has 0 fully saturated rings. The molecular formula is C9H10NS2+. The van der Waals surface area contributed by atoms with Gasteiger partial charge in [0.15, 0.2) is 0 Å². The molecule has 0 radical (unpaired) electrons. The van der Waals surface area contributed by atoms with E-state index in [0.29, 0.717) is 0 Å². The van der Waals surface area contributed by atoms with E-state index < -0.39 is 0 Å². The predicted molar refractivity (Wildman–Crippen MR) is 57.8 cm³/mol. The van der Waals surface area contributed by atoms with Gasteiger partial charge in [-0.1, -0.05) is 19.1 Å². The fourth-order valence-electron chi connectivity index (χ4n) is 1.12. The summed E-state index contributed by atoms with van der Waals surface area (Å²) in [7, 11) is 2.18. The van der Waals surface area contributed by atoms with Gasteiger partial charge >= 0.3 is 0 Å². The average molecular weight is 196 g/mol. The third-order valence-electron chi connectivity index (χ3n) is 1.61. The van der Waals surface area contributed by atoms with Gasteiger partial charge in [-0.05, 0) is 6.07 Å². The number of aromatic nitrogens is 1. The topological polar surface area (TPSA) is 12.9 Å². The molecule has 1 unspecified atom stereocenters. The summed E-state index contributed by atoms with van der Waals surface area (Å²) in [5, 5.41) is 0. The molecule has 1 atom stereocenters. The van der Waals surface area contributed by atoms with E-state index in [9.17, 15) is 0 Å². The lowest BCUT2D eigenvalue weighted by Crippen LogP contribution is -1.63. The van der Waals surface area contributed by atoms with Crippen molar-refractivity contribution in [2.45, 2.75) is 6.92 Å². The van der Waals surface area contributed by atoms with Crippen LogP contribution in [0.5, 0.6) is 0 Å². The lowest BCUT2D eigenvalue weighted by molar-refractivity contribution is 1.50. The van der Waals surface area contributed by atoms with E-state index in [4.69, 9.17) is 0 Å². The largest absolute Gasteiger partial charge is 0.243 e. The Balaban J connectivity index is 2.55. The van der Waals surface area contributed by atoms with Crippen molar-refractivity contribution < 1.29 is 0 Å². The predicted octanol–water partition coefficient (Wildman–Crippen LogP) is 3.50. The second-order valence-electron chi connectivity index (χ2n) is 2.41. The van der Waals surface area contributed by atoms with Crippen LogP contribution >= 0.6 is 20.3 Å². The highest BCUT2D eigenvalue weighted by Crippen LogP contribution is 2.38. The number of hydrogen-bond acceptors (Lipinski definition) is 2. The van der Waals surface area contributed by atoms with Crippen LogP contribution < -0.4 is 0 Å². The number of thiazole rings is 1. The zero-order valence-electron chi connectivity index (χ0n) is 6.86. The Morgan fingerprint density at radius 2 is 2.25 bits per heavy atom. The smallest absolute Gasteiger partial charge is 0.199 e. The zero-order valence-corrected chi connectivity index (χ0v) is 8.49. The molecule has 0 amide bonds. The molecule has 62 valence electrons. The van der Waals surface area contributed by atoms with Crippen LogP contribution in [0.4, 0.5) is 0 Å². The monoisotopic (exact) mass is 196 g/mol. The first kappa shape index (κ1) is 8.08. The molecule has 0 bridgehead atoms. The molecule has 0 aliphatic heterocycles. The minimum absolute atomic E-state index is 0.223. The fraction of sp³-hybridized carbons (Fsp3) is 0.222. The van der Waals surface area contributed by atoms with Crippen LogP contribution in [0.1, 0.15) is 6.92 Å². The highest BCUT2D eigenvalue weighted by atomic mass is 33.1. The van der Waals surface area contributed by atoms with Gasteiger partial charge in [-0.2, -0.15) is 4.98 Å². The normalized spacial score (nSPS) is 12.2. The minimum atomic E-state index is 0.223. The summed E-state index contributed by atoms with van der Waals surface area (Å²) >= 11 is 0. The molecule has 1 aromatic carbocycles. The van der Waals surface area contributed by atoms with E-state index >= 15 is 0 Å². The van der Waals surface area contributed by atoms with Gasteiger partial charge in [-0.25, -0.2) is 0 Å². The molecule has 1 heterocycles. The van der Waals surface area contributed by atoms with Crippen molar-refractivity contribution in [3.63, 3.8) is 0 Å². The molecule has 0 aliphatic rings. The molecule has 0 aliphatic carbocycles. The summed E-state index contributed by atoms with van der Waals surface area (Å²) in [6.07, 6.45) is 0. The van der Waals surface area contributed by atoms with Gasteiger partial charge in [0.2, 0.25) is 10.2 Å². The maximum absolute atomic E-state index is 4.37. The molecule has 12 heavy (non-hydrogen) atoms. The first-order valence-electron chi connectivity index (χ1n) is 3.91. The molecule has 3 heteroatoms. The van der Waals surface area contributed by atoms with Gasteiger partial charge in [0, 0.05) is 11.8 Å². The van der Waals surface area contributed by atoms with E-state index in [1.165, 1.54) is 4.70 Å². The molecule has 0 saturated carbocycles. The number of para-hydroxylation sites is 1. The molecule has 0 spiro atoms. The van der Waals surface area contributed by atoms with Gasteiger partial charge in [-0.3, -0.25) is 0 Å². The SMILES string of the molecule is CCS[s+]1cnc2ccccc21. The number of rotatable bonds is 2. The summed E-state index contributed by atoms with van der Waals surface area (Å²) in [6, 6.07) is 8.38. The van der Waals surface area contributed by atoms with Crippen LogP contribution in [0, 0.1) is 0 Å². The van der Waals surface area contributed by atoms with Crippen molar-refractivity contribution in [1.82, 2.24) is 4.98 Å². The Hall–Kier alpha value is -0.540. The van der Waals surface area contributed by atoms with E-state index in [0.717, 1.165) is 11.3 Å². The van der Waals surface area contributed by atoms with Crippen molar-refractivity contribution >= 4 is 30.5 Å². The number of benzene rings is 1. The minimum Gasteiger partial charge on any atom is -0.199 e. The van der Waals surface area contributed by atoms with Crippen LogP contribution in [0.25, 0.3) is 10.2 Å². The lowest BCUT2D eigenvalue weighted by Gasteiger charge is -1.82.